The van der Waals surface area contributed by atoms with E-state index in [2.05, 4.69) is 15.6 Å². The number of fused-ring (bicyclic) bond motifs is 1. The van der Waals surface area contributed by atoms with Crippen molar-refractivity contribution in [1.29, 1.82) is 0 Å². The molecule has 1 atom stereocenters. The van der Waals surface area contributed by atoms with Gasteiger partial charge in [-0.25, -0.2) is 4.39 Å². The van der Waals surface area contributed by atoms with Crippen LogP contribution in [0.5, 0.6) is 17.2 Å². The molecular formula is C20H24FN3O3. The number of ether oxygens (including phenoxy) is 3. The first-order valence-electron chi connectivity index (χ1n) is 8.94. The lowest BCUT2D eigenvalue weighted by atomic mass is 10.2. The molecule has 1 aliphatic heterocycles. The third kappa shape index (κ3) is 5.26. The minimum Gasteiger partial charge on any atom is -0.490 e. The van der Waals surface area contributed by atoms with Crippen LogP contribution in [-0.2, 0) is 0 Å². The van der Waals surface area contributed by atoms with Crippen LogP contribution < -0.4 is 24.8 Å². The van der Waals surface area contributed by atoms with Crippen LogP contribution in [0.2, 0.25) is 0 Å². The third-order valence-corrected chi connectivity index (χ3v) is 3.96. The molecule has 0 amide bonds. The number of para-hydroxylation sites is 1. The van der Waals surface area contributed by atoms with Gasteiger partial charge in [0.05, 0.1) is 19.8 Å². The molecule has 1 aliphatic rings. The van der Waals surface area contributed by atoms with Crippen molar-refractivity contribution in [3.63, 3.8) is 0 Å². The lowest BCUT2D eigenvalue weighted by Gasteiger charge is -2.18. The minimum absolute atomic E-state index is 0.234. The molecule has 0 bridgehead atoms. The zero-order valence-electron chi connectivity index (χ0n) is 15.5. The molecule has 27 heavy (non-hydrogen) atoms. The largest absolute Gasteiger partial charge is 0.490 e. The molecule has 0 saturated carbocycles. The maximum atomic E-state index is 13.7. The number of nitrogens with one attached hydrogen (secondary N) is 2. The smallest absolute Gasteiger partial charge is 0.195 e. The quantitative estimate of drug-likeness (QED) is 0.621. The van der Waals surface area contributed by atoms with Crippen LogP contribution in [0, 0.1) is 5.82 Å². The number of hydrogen-bond donors (Lipinski definition) is 2. The molecule has 3 rings (SSSR count). The first kappa shape index (κ1) is 18.8. The first-order valence-corrected chi connectivity index (χ1v) is 8.94. The summed E-state index contributed by atoms with van der Waals surface area (Å²) < 4.78 is 30.6. The number of anilines is 1. The molecule has 0 spiro atoms. The summed E-state index contributed by atoms with van der Waals surface area (Å²) in [7, 11) is 1.68. The van der Waals surface area contributed by atoms with E-state index in [-0.39, 0.29) is 17.7 Å². The number of rotatable bonds is 5. The number of hydrogen-bond acceptors (Lipinski definition) is 4. The van der Waals surface area contributed by atoms with Crippen LogP contribution in [0.3, 0.4) is 0 Å². The highest BCUT2D eigenvalue weighted by molar-refractivity contribution is 5.93. The van der Waals surface area contributed by atoms with E-state index in [1.165, 1.54) is 6.07 Å². The number of nitrogens with zero attached hydrogens (tertiary/aromatic N) is 1. The molecule has 2 N–H and O–H groups in total. The highest BCUT2D eigenvalue weighted by Gasteiger charge is 2.12. The molecular weight excluding hydrogens is 349 g/mol. The summed E-state index contributed by atoms with van der Waals surface area (Å²) in [6.45, 7) is 3.61. The van der Waals surface area contributed by atoms with Gasteiger partial charge in [0.2, 0.25) is 0 Å². The number of guanidine groups is 1. The van der Waals surface area contributed by atoms with Gasteiger partial charge in [0.25, 0.3) is 0 Å². The van der Waals surface area contributed by atoms with Crippen molar-refractivity contribution in [3.05, 3.63) is 48.3 Å². The summed E-state index contributed by atoms with van der Waals surface area (Å²) >= 11 is 0. The van der Waals surface area contributed by atoms with Gasteiger partial charge >= 0.3 is 0 Å². The lowest BCUT2D eigenvalue weighted by Crippen LogP contribution is -2.37. The molecule has 0 saturated heterocycles. The third-order valence-electron chi connectivity index (χ3n) is 3.96. The molecule has 144 valence electrons. The predicted molar refractivity (Wildman–Crippen MR) is 104 cm³/mol. The fraction of sp³-hybridized carbons (Fsp3) is 0.350. The number of aliphatic imine (C=N–C) groups is 1. The lowest BCUT2D eigenvalue weighted by molar-refractivity contribution is 0.214. The highest BCUT2D eigenvalue weighted by Crippen LogP contribution is 2.32. The van der Waals surface area contributed by atoms with Gasteiger partial charge < -0.3 is 24.8 Å². The van der Waals surface area contributed by atoms with Crippen molar-refractivity contribution >= 4 is 11.6 Å². The van der Waals surface area contributed by atoms with Crippen molar-refractivity contribution in [2.75, 3.05) is 32.1 Å². The minimum atomic E-state index is -0.376. The van der Waals surface area contributed by atoms with Crippen molar-refractivity contribution in [2.45, 2.75) is 19.4 Å². The van der Waals surface area contributed by atoms with Crippen molar-refractivity contribution in [2.24, 2.45) is 4.99 Å². The van der Waals surface area contributed by atoms with Crippen LogP contribution in [0.4, 0.5) is 10.1 Å². The van der Waals surface area contributed by atoms with Gasteiger partial charge in [0.1, 0.15) is 6.10 Å². The van der Waals surface area contributed by atoms with E-state index in [1.807, 2.05) is 25.1 Å². The second-order valence-electron chi connectivity index (χ2n) is 6.15. The fourth-order valence-corrected chi connectivity index (χ4v) is 2.60. The summed E-state index contributed by atoms with van der Waals surface area (Å²) in [5, 5.41) is 6.37. The zero-order valence-corrected chi connectivity index (χ0v) is 15.5. The predicted octanol–water partition coefficient (Wildman–Crippen LogP) is 3.44. The van der Waals surface area contributed by atoms with Gasteiger partial charge in [0, 0.05) is 25.2 Å². The summed E-state index contributed by atoms with van der Waals surface area (Å²) in [4.78, 5) is 4.20. The Balaban J connectivity index is 1.55. The second kappa shape index (κ2) is 9.12. The Morgan fingerprint density at radius 1 is 1.19 bits per heavy atom. The second-order valence-corrected chi connectivity index (χ2v) is 6.15. The fourth-order valence-electron chi connectivity index (χ4n) is 2.60. The van der Waals surface area contributed by atoms with Crippen LogP contribution >= 0.6 is 0 Å². The summed E-state index contributed by atoms with van der Waals surface area (Å²) in [5.74, 6) is 1.89. The molecule has 1 unspecified atom stereocenters. The van der Waals surface area contributed by atoms with Crippen LogP contribution in [-0.4, -0.2) is 38.9 Å². The van der Waals surface area contributed by atoms with Gasteiger partial charge in [-0.3, -0.25) is 4.99 Å². The van der Waals surface area contributed by atoms with Gasteiger partial charge in [0.15, 0.2) is 29.0 Å². The highest BCUT2D eigenvalue weighted by atomic mass is 19.1. The Kier molecular flexibility index (Phi) is 6.35. The summed E-state index contributed by atoms with van der Waals surface area (Å²) in [6.07, 6.45) is 0.616. The summed E-state index contributed by atoms with van der Waals surface area (Å²) in [5.41, 5.74) is 0.829. The van der Waals surface area contributed by atoms with E-state index in [0.717, 1.165) is 17.9 Å². The van der Waals surface area contributed by atoms with E-state index >= 15 is 0 Å². The molecule has 0 aliphatic carbocycles. The van der Waals surface area contributed by atoms with Gasteiger partial charge in [-0.1, -0.05) is 12.1 Å². The Morgan fingerprint density at radius 2 is 1.96 bits per heavy atom. The maximum Gasteiger partial charge on any atom is 0.195 e. The van der Waals surface area contributed by atoms with E-state index in [4.69, 9.17) is 14.2 Å². The standard InChI is InChI=1S/C20H24FN3O3/c1-14(27-17-7-4-3-6-16(17)21)13-23-20(22-2)24-15-8-9-18-19(12-15)26-11-5-10-25-18/h3-4,6-9,12,14H,5,10-11,13H2,1-2H3,(H2,22,23,24). The molecule has 2 aromatic rings. The van der Waals surface area contributed by atoms with Gasteiger partial charge in [-0.05, 0) is 31.2 Å². The van der Waals surface area contributed by atoms with Crippen molar-refractivity contribution < 1.29 is 18.6 Å². The van der Waals surface area contributed by atoms with Crippen molar-refractivity contribution in [3.8, 4) is 17.2 Å². The van der Waals surface area contributed by atoms with Crippen LogP contribution in [0.25, 0.3) is 0 Å². The zero-order chi connectivity index (χ0) is 19.1. The van der Waals surface area contributed by atoms with E-state index < -0.39 is 0 Å². The average Bonchev–Trinajstić information content (AvgIpc) is 2.92. The van der Waals surface area contributed by atoms with Crippen LogP contribution in [0.1, 0.15) is 13.3 Å². The monoisotopic (exact) mass is 373 g/mol. The Morgan fingerprint density at radius 3 is 2.74 bits per heavy atom. The van der Waals surface area contributed by atoms with Gasteiger partial charge in [-0.15, -0.1) is 0 Å². The van der Waals surface area contributed by atoms with Crippen LogP contribution in [0.15, 0.2) is 47.5 Å². The molecule has 0 aromatic heterocycles. The maximum absolute atomic E-state index is 13.7. The number of benzene rings is 2. The molecule has 2 aromatic carbocycles. The topological polar surface area (TPSA) is 64.1 Å². The average molecular weight is 373 g/mol. The first-order chi connectivity index (χ1) is 13.2. The van der Waals surface area contributed by atoms with Gasteiger partial charge in [-0.2, -0.15) is 0 Å². The Hall–Kier alpha value is -2.96. The molecule has 1 heterocycles. The Labute approximate surface area is 158 Å². The molecule has 0 radical (unpaired) electrons. The summed E-state index contributed by atoms with van der Waals surface area (Å²) in [6, 6.07) is 12.0. The van der Waals surface area contributed by atoms with Crippen molar-refractivity contribution in [1.82, 2.24) is 5.32 Å². The molecule has 7 heteroatoms. The van der Waals surface area contributed by atoms with E-state index in [1.54, 1.807) is 25.2 Å². The number of halogens is 1. The Bertz CT molecular complexity index is 798. The molecule has 0 fully saturated rings. The normalized spacial score (nSPS) is 14.9. The molecule has 6 nitrogen and oxygen atoms in total. The van der Waals surface area contributed by atoms with E-state index in [0.29, 0.717) is 31.5 Å². The van der Waals surface area contributed by atoms with E-state index in [9.17, 15) is 4.39 Å². The SMILES string of the molecule is CN=C(NCC(C)Oc1ccccc1F)Nc1ccc2c(c1)OCCCO2.